The van der Waals surface area contributed by atoms with Gasteiger partial charge in [-0.1, -0.05) is 38.9 Å². The SMILES string of the molecule is Br.CCCC[Si](C)(C)P. The molecule has 0 nitrogen and oxygen atoms in total. The van der Waals surface area contributed by atoms with Crippen molar-refractivity contribution in [2.24, 2.45) is 0 Å². The monoisotopic (exact) mass is 228 g/mol. The zero-order valence-corrected chi connectivity index (χ0v) is 10.5. The van der Waals surface area contributed by atoms with Crippen LogP contribution < -0.4 is 0 Å². The zero-order valence-electron chi connectivity index (χ0n) is 6.61. The molecule has 0 aromatic carbocycles. The first-order chi connectivity index (χ1) is 3.56. The lowest BCUT2D eigenvalue weighted by Gasteiger charge is -2.13. The molecule has 0 saturated carbocycles. The fourth-order valence-corrected chi connectivity index (χ4v) is 2.51. The van der Waals surface area contributed by atoms with Crippen LogP contribution in [0.25, 0.3) is 0 Å². The molecule has 0 aliphatic carbocycles. The minimum absolute atomic E-state index is 0. The second kappa shape index (κ2) is 5.88. The van der Waals surface area contributed by atoms with Gasteiger partial charge < -0.3 is 0 Å². The molecule has 58 valence electrons. The quantitative estimate of drug-likeness (QED) is 0.513. The minimum Gasteiger partial charge on any atom is -0.149 e. The molecule has 0 aliphatic heterocycles. The predicted octanol–water partition coefficient (Wildman–Crippen LogP) is 3.44. The molecule has 0 rings (SSSR count). The molecule has 0 N–H and O–H groups in total. The Morgan fingerprint density at radius 1 is 1.33 bits per heavy atom. The van der Waals surface area contributed by atoms with Crippen molar-refractivity contribution in [1.82, 2.24) is 0 Å². The molecular formula is C6H18BrPSi. The minimum atomic E-state index is -0.762. The van der Waals surface area contributed by atoms with E-state index in [-0.39, 0.29) is 17.0 Å². The van der Waals surface area contributed by atoms with E-state index in [1.165, 1.54) is 18.9 Å². The molecule has 0 aromatic heterocycles. The lowest BCUT2D eigenvalue weighted by molar-refractivity contribution is 0.873. The van der Waals surface area contributed by atoms with Gasteiger partial charge in [-0.05, 0) is 0 Å². The molecule has 0 saturated heterocycles. The van der Waals surface area contributed by atoms with E-state index in [0.717, 1.165) is 0 Å². The number of unbranched alkanes of at least 4 members (excludes halogenated alkanes) is 1. The number of hydrogen-bond donors (Lipinski definition) is 0. The van der Waals surface area contributed by atoms with Crippen LogP contribution in [0.4, 0.5) is 0 Å². The van der Waals surface area contributed by atoms with Crippen LogP contribution >= 0.6 is 25.8 Å². The largest absolute Gasteiger partial charge is 0.149 e. The molecule has 3 heteroatoms. The van der Waals surface area contributed by atoms with Crippen LogP contribution in [0, 0.1) is 0 Å². The van der Waals surface area contributed by atoms with Gasteiger partial charge in [0, 0.05) is 0 Å². The lowest BCUT2D eigenvalue weighted by Crippen LogP contribution is -2.13. The van der Waals surface area contributed by atoms with Crippen LogP contribution in [-0.2, 0) is 0 Å². The molecular weight excluding hydrogens is 211 g/mol. The second-order valence-corrected chi connectivity index (χ2v) is 12.3. The summed E-state index contributed by atoms with van der Waals surface area (Å²) in [4.78, 5) is 0. The summed E-state index contributed by atoms with van der Waals surface area (Å²) in [5.41, 5.74) is 0. The van der Waals surface area contributed by atoms with Gasteiger partial charge in [0.05, 0.1) is 7.74 Å². The predicted molar refractivity (Wildman–Crippen MR) is 57.2 cm³/mol. The van der Waals surface area contributed by atoms with Crippen molar-refractivity contribution in [3.05, 3.63) is 0 Å². The molecule has 0 radical (unpaired) electrons. The van der Waals surface area contributed by atoms with E-state index in [4.69, 9.17) is 0 Å². The third-order valence-electron chi connectivity index (χ3n) is 1.17. The molecule has 0 aromatic rings. The van der Waals surface area contributed by atoms with Gasteiger partial charge in [0.2, 0.25) is 0 Å². The highest BCUT2D eigenvalue weighted by Crippen LogP contribution is 2.19. The van der Waals surface area contributed by atoms with Crippen molar-refractivity contribution >= 4 is 33.5 Å². The maximum absolute atomic E-state index is 3.00. The van der Waals surface area contributed by atoms with Crippen LogP contribution in [0.3, 0.4) is 0 Å². The van der Waals surface area contributed by atoms with Gasteiger partial charge in [-0.3, -0.25) is 0 Å². The molecule has 0 amide bonds. The summed E-state index contributed by atoms with van der Waals surface area (Å²) in [5.74, 6) is 0. The first kappa shape index (κ1) is 12.8. The Bertz CT molecular complexity index is 60.6. The van der Waals surface area contributed by atoms with Gasteiger partial charge in [-0.2, -0.15) is 0 Å². The van der Waals surface area contributed by atoms with Crippen molar-refractivity contribution in [3.8, 4) is 0 Å². The summed E-state index contributed by atoms with van der Waals surface area (Å²) < 4.78 is 0. The Morgan fingerprint density at radius 3 is 1.89 bits per heavy atom. The van der Waals surface area contributed by atoms with E-state index in [9.17, 15) is 0 Å². The van der Waals surface area contributed by atoms with Crippen molar-refractivity contribution in [2.75, 3.05) is 0 Å². The van der Waals surface area contributed by atoms with Crippen molar-refractivity contribution in [1.29, 1.82) is 0 Å². The average Bonchev–Trinajstić information content (AvgIpc) is 1.59. The van der Waals surface area contributed by atoms with E-state index in [0.29, 0.717) is 0 Å². The van der Waals surface area contributed by atoms with Crippen LogP contribution in [0.1, 0.15) is 19.8 Å². The van der Waals surface area contributed by atoms with Crippen molar-refractivity contribution < 1.29 is 0 Å². The third kappa shape index (κ3) is 12.3. The van der Waals surface area contributed by atoms with E-state index in [1.807, 2.05) is 0 Å². The van der Waals surface area contributed by atoms with Crippen LogP contribution in [0.5, 0.6) is 0 Å². The highest BCUT2D eigenvalue weighted by molar-refractivity contribution is 8.93. The molecule has 0 fully saturated rings. The molecule has 9 heavy (non-hydrogen) atoms. The van der Waals surface area contributed by atoms with E-state index in [2.05, 4.69) is 28.8 Å². The van der Waals surface area contributed by atoms with Gasteiger partial charge >= 0.3 is 0 Å². The number of halogens is 1. The lowest BCUT2D eigenvalue weighted by atomic mass is 10.4. The fourth-order valence-electron chi connectivity index (χ4n) is 0.632. The van der Waals surface area contributed by atoms with Crippen LogP contribution in [0.2, 0.25) is 19.1 Å². The topological polar surface area (TPSA) is 0 Å². The summed E-state index contributed by atoms with van der Waals surface area (Å²) >= 11 is 0. The molecule has 1 atom stereocenters. The molecule has 0 bridgehead atoms. The normalized spacial score (nSPS) is 10.7. The zero-order chi connectivity index (χ0) is 6.62. The second-order valence-electron chi connectivity index (χ2n) is 3.09. The summed E-state index contributed by atoms with van der Waals surface area (Å²) in [6.07, 6.45) is 2.77. The maximum atomic E-state index is 3.00. The van der Waals surface area contributed by atoms with Crippen LogP contribution in [-0.4, -0.2) is 7.74 Å². The highest BCUT2D eigenvalue weighted by Gasteiger charge is 2.10. The van der Waals surface area contributed by atoms with Crippen molar-refractivity contribution in [2.45, 2.75) is 38.9 Å². The Morgan fingerprint density at radius 2 is 1.78 bits per heavy atom. The first-order valence-electron chi connectivity index (χ1n) is 3.35. The maximum Gasteiger partial charge on any atom is 0.0684 e. The fraction of sp³-hybridized carbons (Fsp3) is 1.00. The van der Waals surface area contributed by atoms with Crippen molar-refractivity contribution in [3.63, 3.8) is 0 Å². The number of rotatable bonds is 3. The van der Waals surface area contributed by atoms with Gasteiger partial charge in [-0.25, -0.2) is 0 Å². The molecule has 0 aliphatic rings. The van der Waals surface area contributed by atoms with E-state index < -0.39 is 7.74 Å². The van der Waals surface area contributed by atoms with Crippen LogP contribution in [0.15, 0.2) is 0 Å². The Hall–Kier alpha value is 1.13. The summed E-state index contributed by atoms with van der Waals surface area (Å²) in [5, 5.41) is 0. The van der Waals surface area contributed by atoms with E-state index >= 15 is 0 Å². The average molecular weight is 229 g/mol. The van der Waals surface area contributed by atoms with Gasteiger partial charge in [0.25, 0.3) is 0 Å². The van der Waals surface area contributed by atoms with Gasteiger partial charge in [0.15, 0.2) is 0 Å². The summed E-state index contributed by atoms with van der Waals surface area (Å²) in [7, 11) is 2.24. The molecule has 0 heterocycles. The first-order valence-corrected chi connectivity index (χ1v) is 8.37. The third-order valence-corrected chi connectivity index (χ3v) is 3.68. The highest BCUT2D eigenvalue weighted by atomic mass is 79.9. The Kier molecular flexibility index (Phi) is 8.34. The number of hydrogen-bond acceptors (Lipinski definition) is 0. The molecule has 1 unspecified atom stereocenters. The molecule has 0 spiro atoms. The Labute approximate surface area is 72.6 Å². The summed E-state index contributed by atoms with van der Waals surface area (Å²) in [6.45, 7) is 7.05. The Balaban J connectivity index is 0. The standard InChI is InChI=1S/C6H17PSi.BrH/c1-4-5-6-8(2,3)7;/h4-7H2,1-3H3;1H. The van der Waals surface area contributed by atoms with Gasteiger partial charge in [-0.15, -0.1) is 25.8 Å². The summed E-state index contributed by atoms with van der Waals surface area (Å²) in [6, 6.07) is 1.47. The van der Waals surface area contributed by atoms with E-state index in [1.54, 1.807) is 0 Å². The van der Waals surface area contributed by atoms with Gasteiger partial charge in [0.1, 0.15) is 0 Å². The smallest absolute Gasteiger partial charge is 0.0684 e.